The lowest BCUT2D eigenvalue weighted by atomic mass is 9.97. The minimum Gasteiger partial charge on any atom is -0.370 e. The maximum Gasteiger partial charge on any atom is 0.416 e. The van der Waals surface area contributed by atoms with Gasteiger partial charge in [0.2, 0.25) is 0 Å². The van der Waals surface area contributed by atoms with Crippen molar-refractivity contribution in [2.45, 2.75) is 25.5 Å². The van der Waals surface area contributed by atoms with Crippen LogP contribution in [0.2, 0.25) is 0 Å². The summed E-state index contributed by atoms with van der Waals surface area (Å²) >= 11 is 5.78. The summed E-state index contributed by atoms with van der Waals surface area (Å²) in [5.74, 6) is 6.77. The second-order valence-electron chi connectivity index (χ2n) is 8.19. The van der Waals surface area contributed by atoms with Gasteiger partial charge in [-0.15, -0.1) is 11.6 Å². The summed E-state index contributed by atoms with van der Waals surface area (Å²) in [7, 11) is 4.94. The Labute approximate surface area is 217 Å². The number of pyridine rings is 1. The number of rotatable bonds is 9. The van der Waals surface area contributed by atoms with Gasteiger partial charge in [-0.1, -0.05) is 0 Å². The number of benzene rings is 1. The van der Waals surface area contributed by atoms with Crippen LogP contribution in [0.15, 0.2) is 35.5 Å². The molecule has 0 saturated heterocycles. The Balaban J connectivity index is 2.15. The number of nitrogens with zero attached hydrogens (tertiary/aromatic N) is 5. The molecular formula is C24H28ClF3N8O. The molecule has 3 aromatic rings. The molecule has 0 atom stereocenters. The molecule has 3 rings (SSSR count). The highest BCUT2D eigenvalue weighted by atomic mass is 35.5. The van der Waals surface area contributed by atoms with Crippen molar-refractivity contribution < 1.29 is 18.0 Å². The van der Waals surface area contributed by atoms with Gasteiger partial charge >= 0.3 is 6.18 Å². The van der Waals surface area contributed by atoms with E-state index in [-0.39, 0.29) is 29.1 Å². The molecule has 0 aliphatic carbocycles. The number of alkyl halides is 4. The molecular weight excluding hydrogens is 509 g/mol. The first-order valence-corrected chi connectivity index (χ1v) is 11.8. The molecule has 0 spiro atoms. The Bertz CT molecular complexity index is 1310. The van der Waals surface area contributed by atoms with Gasteiger partial charge in [-0.05, 0) is 42.3 Å². The number of amidine groups is 1. The van der Waals surface area contributed by atoms with Gasteiger partial charge in [0.15, 0.2) is 0 Å². The molecule has 9 nitrogen and oxygen atoms in total. The highest BCUT2D eigenvalue weighted by Gasteiger charge is 2.35. The minimum atomic E-state index is -4.67. The molecule has 0 aliphatic rings. The van der Waals surface area contributed by atoms with E-state index < -0.39 is 11.7 Å². The van der Waals surface area contributed by atoms with E-state index in [0.717, 1.165) is 6.07 Å². The lowest BCUT2D eigenvalue weighted by molar-refractivity contribution is -0.138. The SMILES string of the molecule is CCNc1cc(-c2c(C(=NC)NN)cnn2C)cc(N(C)Cc2c(C=O)cc(CCl)cc2C(F)(F)F)n1. The number of aryl methyl sites for hydroxylation is 1. The van der Waals surface area contributed by atoms with E-state index >= 15 is 0 Å². The predicted molar refractivity (Wildman–Crippen MR) is 139 cm³/mol. The van der Waals surface area contributed by atoms with Crippen LogP contribution in [0.4, 0.5) is 24.8 Å². The second kappa shape index (κ2) is 11.6. The zero-order chi connectivity index (χ0) is 27.3. The second-order valence-corrected chi connectivity index (χ2v) is 8.46. The molecule has 2 aromatic heterocycles. The van der Waals surface area contributed by atoms with Gasteiger partial charge in [-0.2, -0.15) is 18.3 Å². The molecule has 0 radical (unpaired) electrons. The molecule has 37 heavy (non-hydrogen) atoms. The molecule has 1 aromatic carbocycles. The van der Waals surface area contributed by atoms with Crippen molar-refractivity contribution in [3.8, 4) is 11.3 Å². The molecule has 2 heterocycles. The number of hydrazine groups is 1. The van der Waals surface area contributed by atoms with Crippen LogP contribution >= 0.6 is 11.6 Å². The van der Waals surface area contributed by atoms with E-state index in [1.807, 2.05) is 6.92 Å². The van der Waals surface area contributed by atoms with Crippen molar-refractivity contribution in [2.75, 3.05) is 30.9 Å². The van der Waals surface area contributed by atoms with Gasteiger partial charge in [-0.3, -0.25) is 14.5 Å². The number of halogens is 4. The van der Waals surface area contributed by atoms with Gasteiger partial charge < -0.3 is 15.6 Å². The van der Waals surface area contributed by atoms with Gasteiger partial charge in [-0.25, -0.2) is 10.8 Å². The number of aliphatic imine (C=N–C) groups is 1. The number of nitrogens with two attached hydrogens (primary N) is 1. The van der Waals surface area contributed by atoms with Crippen molar-refractivity contribution in [1.82, 2.24) is 20.2 Å². The van der Waals surface area contributed by atoms with E-state index in [2.05, 4.69) is 25.8 Å². The Morgan fingerprint density at radius 2 is 2.03 bits per heavy atom. The van der Waals surface area contributed by atoms with Crippen LogP contribution in [0.3, 0.4) is 0 Å². The fourth-order valence-corrected chi connectivity index (χ4v) is 4.18. The van der Waals surface area contributed by atoms with Crippen LogP contribution in [0.25, 0.3) is 11.3 Å². The van der Waals surface area contributed by atoms with Gasteiger partial charge in [0, 0.05) is 51.2 Å². The summed E-state index contributed by atoms with van der Waals surface area (Å²) < 4.78 is 43.5. The van der Waals surface area contributed by atoms with Gasteiger partial charge in [0.05, 0.1) is 23.0 Å². The van der Waals surface area contributed by atoms with E-state index in [4.69, 9.17) is 17.4 Å². The molecule has 0 aliphatic heterocycles. The van der Waals surface area contributed by atoms with Crippen LogP contribution < -0.4 is 21.5 Å². The lowest BCUT2D eigenvalue weighted by Crippen LogP contribution is -2.31. The average molecular weight is 537 g/mol. The van der Waals surface area contributed by atoms with E-state index in [1.165, 1.54) is 6.07 Å². The Hall–Kier alpha value is -3.64. The summed E-state index contributed by atoms with van der Waals surface area (Å²) in [5.41, 5.74) is 3.60. The largest absolute Gasteiger partial charge is 0.416 e. The van der Waals surface area contributed by atoms with Crippen LogP contribution in [-0.4, -0.2) is 47.5 Å². The molecule has 0 fully saturated rings. The molecule has 0 bridgehead atoms. The average Bonchev–Trinajstić information content (AvgIpc) is 3.25. The summed E-state index contributed by atoms with van der Waals surface area (Å²) in [4.78, 5) is 22.0. The van der Waals surface area contributed by atoms with E-state index in [0.29, 0.717) is 47.1 Å². The first-order valence-electron chi connectivity index (χ1n) is 11.2. The third kappa shape index (κ3) is 6.03. The van der Waals surface area contributed by atoms with Crippen molar-refractivity contribution in [2.24, 2.45) is 17.9 Å². The molecule has 4 N–H and O–H groups in total. The minimum absolute atomic E-state index is 0.0767. The number of hydrogen-bond acceptors (Lipinski definition) is 7. The normalized spacial score (nSPS) is 12.0. The number of carbonyl (C=O) groups excluding carboxylic acids is 1. The smallest absolute Gasteiger partial charge is 0.370 e. The quantitative estimate of drug-likeness (QED) is 0.0947. The third-order valence-corrected chi connectivity index (χ3v) is 6.02. The first-order chi connectivity index (χ1) is 17.6. The summed E-state index contributed by atoms with van der Waals surface area (Å²) in [5, 5.41) is 7.47. The monoisotopic (exact) mass is 536 g/mol. The van der Waals surface area contributed by atoms with Gasteiger partial charge in [0.1, 0.15) is 23.8 Å². The molecule has 0 unspecified atom stereocenters. The Morgan fingerprint density at radius 3 is 2.59 bits per heavy atom. The Morgan fingerprint density at radius 1 is 1.30 bits per heavy atom. The van der Waals surface area contributed by atoms with Gasteiger partial charge in [0.25, 0.3) is 0 Å². The number of hydrogen-bond donors (Lipinski definition) is 3. The fourth-order valence-electron chi connectivity index (χ4n) is 4.02. The maximum absolute atomic E-state index is 13.9. The maximum atomic E-state index is 13.9. The van der Waals surface area contributed by atoms with E-state index in [1.54, 1.807) is 49.1 Å². The summed E-state index contributed by atoms with van der Waals surface area (Å²) in [6.07, 6.45) is -2.65. The number of aldehydes is 1. The number of aromatic nitrogens is 3. The molecule has 13 heteroatoms. The topological polar surface area (TPSA) is 113 Å². The molecule has 0 saturated carbocycles. The number of nitrogens with one attached hydrogen (secondary N) is 2. The van der Waals surface area contributed by atoms with Crippen LogP contribution in [-0.2, 0) is 25.6 Å². The number of anilines is 2. The van der Waals surface area contributed by atoms with Crippen molar-refractivity contribution in [3.05, 3.63) is 58.3 Å². The van der Waals surface area contributed by atoms with Crippen LogP contribution in [0.1, 0.15) is 39.5 Å². The highest BCUT2D eigenvalue weighted by Crippen LogP contribution is 2.36. The lowest BCUT2D eigenvalue weighted by Gasteiger charge is -2.24. The van der Waals surface area contributed by atoms with E-state index in [9.17, 15) is 18.0 Å². The first kappa shape index (κ1) is 27.9. The van der Waals surface area contributed by atoms with Crippen LogP contribution in [0, 0.1) is 0 Å². The fraction of sp³-hybridized carbons (Fsp3) is 0.333. The molecule has 198 valence electrons. The zero-order valence-electron chi connectivity index (χ0n) is 20.8. The van der Waals surface area contributed by atoms with Crippen molar-refractivity contribution in [1.29, 1.82) is 0 Å². The van der Waals surface area contributed by atoms with Crippen molar-refractivity contribution >= 4 is 35.4 Å². The third-order valence-electron chi connectivity index (χ3n) is 5.71. The summed E-state index contributed by atoms with van der Waals surface area (Å²) in [6.45, 7) is 2.24. The Kier molecular flexibility index (Phi) is 8.77. The summed E-state index contributed by atoms with van der Waals surface area (Å²) in [6, 6.07) is 5.88. The zero-order valence-corrected chi connectivity index (χ0v) is 21.6. The highest BCUT2D eigenvalue weighted by molar-refractivity contribution is 6.17. The van der Waals surface area contributed by atoms with Crippen molar-refractivity contribution in [3.63, 3.8) is 0 Å². The molecule has 0 amide bonds. The predicted octanol–water partition coefficient (Wildman–Crippen LogP) is 3.96. The standard InChI is InChI=1S/C24H28ClF3N8O/c1-5-31-20-8-15(22-17(11-32-36(22)4)23(30-2)34-29)9-21(33-20)35(3)12-18-16(13-37)6-14(10-25)7-19(18)24(26,27)28/h6-9,11,13H,5,10,12,29H2,1-4H3,(H,30,34)(H,31,33). The number of carbonyl (C=O) groups is 1. The van der Waals surface area contributed by atoms with Crippen LogP contribution in [0.5, 0.6) is 0 Å².